The molecule has 1 aromatic carbocycles. The smallest absolute Gasteiger partial charge is 0.228 e. The van der Waals surface area contributed by atoms with Crippen molar-refractivity contribution in [3.8, 4) is 11.3 Å². The van der Waals surface area contributed by atoms with Crippen molar-refractivity contribution in [2.45, 2.75) is 12.8 Å². The lowest BCUT2D eigenvalue weighted by Gasteiger charge is -2.02. The Labute approximate surface area is 125 Å². The molecule has 0 saturated heterocycles. The van der Waals surface area contributed by atoms with E-state index in [9.17, 15) is 4.79 Å². The van der Waals surface area contributed by atoms with Crippen LogP contribution in [0.5, 0.6) is 0 Å². The Hall–Kier alpha value is -1.66. The van der Waals surface area contributed by atoms with E-state index >= 15 is 0 Å². The molecular formula is C14H15BrN4O. The topological polar surface area (TPSA) is 72.9 Å². The third-order valence-corrected chi connectivity index (χ3v) is 4.40. The van der Waals surface area contributed by atoms with E-state index in [1.165, 1.54) is 0 Å². The molecule has 3 rings (SSSR count). The van der Waals surface area contributed by atoms with Gasteiger partial charge in [-0.2, -0.15) is 0 Å². The van der Waals surface area contributed by atoms with Crippen molar-refractivity contribution in [2.75, 3.05) is 11.9 Å². The van der Waals surface area contributed by atoms with E-state index in [4.69, 9.17) is 5.73 Å². The Morgan fingerprint density at radius 3 is 3.05 bits per heavy atom. The summed E-state index contributed by atoms with van der Waals surface area (Å²) in [5.74, 6) is 0.991. The van der Waals surface area contributed by atoms with E-state index in [0.29, 0.717) is 13.0 Å². The molecular weight excluding hydrogens is 320 g/mol. The van der Waals surface area contributed by atoms with Crippen LogP contribution in [0.25, 0.3) is 11.3 Å². The van der Waals surface area contributed by atoms with Crippen LogP contribution >= 0.6 is 15.9 Å². The molecule has 0 saturated carbocycles. The molecule has 1 aliphatic heterocycles. The van der Waals surface area contributed by atoms with Gasteiger partial charge in [0, 0.05) is 24.7 Å². The number of halogens is 1. The zero-order chi connectivity index (χ0) is 14.3. The molecule has 0 radical (unpaired) electrons. The van der Waals surface area contributed by atoms with Gasteiger partial charge in [-0.1, -0.05) is 6.07 Å². The van der Waals surface area contributed by atoms with E-state index in [1.807, 2.05) is 29.8 Å². The highest BCUT2D eigenvalue weighted by molar-refractivity contribution is 9.10. The lowest BCUT2D eigenvalue weighted by Crippen LogP contribution is -2.07. The van der Waals surface area contributed by atoms with E-state index in [2.05, 4.69) is 26.2 Å². The average Bonchev–Trinajstić information content (AvgIpc) is 2.92. The minimum absolute atomic E-state index is 0.0426. The number of nitrogens with two attached hydrogens (primary N) is 1. The van der Waals surface area contributed by atoms with Crippen LogP contribution in [0.3, 0.4) is 0 Å². The quantitative estimate of drug-likeness (QED) is 0.899. The van der Waals surface area contributed by atoms with Crippen LogP contribution in [0.15, 0.2) is 22.8 Å². The summed E-state index contributed by atoms with van der Waals surface area (Å²) in [6.07, 6.45) is 1.17. The average molecular weight is 335 g/mol. The fourth-order valence-electron chi connectivity index (χ4n) is 2.44. The number of carbonyl (C=O) groups is 1. The molecule has 0 spiro atoms. The third kappa shape index (κ3) is 2.14. The molecule has 0 aliphatic carbocycles. The van der Waals surface area contributed by atoms with Gasteiger partial charge in [0.1, 0.15) is 16.1 Å². The van der Waals surface area contributed by atoms with Gasteiger partial charge in [-0.05, 0) is 40.2 Å². The first-order valence-corrected chi connectivity index (χ1v) is 7.23. The van der Waals surface area contributed by atoms with Gasteiger partial charge in [-0.15, -0.1) is 0 Å². The lowest BCUT2D eigenvalue weighted by atomic mass is 10.1. The third-order valence-electron chi connectivity index (χ3n) is 3.49. The standard InChI is InChI=1S/C14H15BrN4O/c1-19-11(4-5-16)18-13(14(19)15)8-2-3-10-9(6-8)7-12(20)17-10/h2-3,6H,4-5,7,16H2,1H3,(H,17,20). The number of fused-ring (bicyclic) bond motifs is 1. The summed E-state index contributed by atoms with van der Waals surface area (Å²) in [4.78, 5) is 16.0. The molecule has 0 fully saturated rings. The molecule has 3 N–H and O–H groups in total. The molecule has 1 amide bonds. The highest BCUT2D eigenvalue weighted by Gasteiger charge is 2.20. The largest absolute Gasteiger partial charge is 0.330 e. The minimum atomic E-state index is 0.0426. The molecule has 0 atom stereocenters. The van der Waals surface area contributed by atoms with Crippen molar-refractivity contribution < 1.29 is 4.79 Å². The lowest BCUT2D eigenvalue weighted by molar-refractivity contribution is -0.115. The number of anilines is 1. The number of nitrogens with one attached hydrogen (secondary N) is 1. The normalized spacial score (nSPS) is 13.4. The highest BCUT2D eigenvalue weighted by Crippen LogP contribution is 2.32. The molecule has 1 aliphatic rings. The summed E-state index contributed by atoms with van der Waals surface area (Å²) < 4.78 is 2.93. The van der Waals surface area contributed by atoms with Crippen LogP contribution in [-0.2, 0) is 24.7 Å². The minimum Gasteiger partial charge on any atom is -0.330 e. The van der Waals surface area contributed by atoms with Crippen LogP contribution in [0.1, 0.15) is 11.4 Å². The van der Waals surface area contributed by atoms with Crippen molar-refractivity contribution in [3.05, 3.63) is 34.2 Å². The number of rotatable bonds is 3. The summed E-state index contributed by atoms with van der Waals surface area (Å²) in [6, 6.07) is 5.93. The number of carbonyl (C=O) groups excluding carboxylic acids is 1. The van der Waals surface area contributed by atoms with Crippen LogP contribution in [0, 0.1) is 0 Å². The van der Waals surface area contributed by atoms with Gasteiger partial charge >= 0.3 is 0 Å². The predicted molar refractivity (Wildman–Crippen MR) is 81.4 cm³/mol. The number of hydrogen-bond donors (Lipinski definition) is 2. The van der Waals surface area contributed by atoms with Crippen molar-refractivity contribution >= 4 is 27.5 Å². The Morgan fingerprint density at radius 1 is 1.50 bits per heavy atom. The first-order valence-electron chi connectivity index (χ1n) is 6.44. The van der Waals surface area contributed by atoms with Gasteiger partial charge in [0.25, 0.3) is 0 Å². The second-order valence-corrected chi connectivity index (χ2v) is 5.61. The SMILES string of the molecule is Cn1c(CCN)nc(-c2ccc3c(c2)CC(=O)N3)c1Br. The maximum absolute atomic E-state index is 11.4. The molecule has 6 heteroatoms. The van der Waals surface area contributed by atoms with Crippen molar-refractivity contribution in [3.63, 3.8) is 0 Å². The summed E-state index contributed by atoms with van der Waals surface area (Å²) in [5.41, 5.74) is 9.41. The molecule has 2 aromatic rings. The summed E-state index contributed by atoms with van der Waals surface area (Å²) >= 11 is 3.58. The monoisotopic (exact) mass is 334 g/mol. The molecule has 2 heterocycles. The van der Waals surface area contributed by atoms with E-state index in [0.717, 1.165) is 39.4 Å². The molecule has 1 aromatic heterocycles. The summed E-state index contributed by atoms with van der Waals surface area (Å²) in [6.45, 7) is 0.569. The van der Waals surface area contributed by atoms with E-state index < -0.39 is 0 Å². The zero-order valence-corrected chi connectivity index (χ0v) is 12.7. The molecule has 20 heavy (non-hydrogen) atoms. The number of imidazole rings is 1. The van der Waals surface area contributed by atoms with Crippen LogP contribution in [0.2, 0.25) is 0 Å². The van der Waals surface area contributed by atoms with Crippen molar-refractivity contribution in [1.82, 2.24) is 9.55 Å². The van der Waals surface area contributed by atoms with Crippen LogP contribution in [0.4, 0.5) is 5.69 Å². The molecule has 0 unspecified atom stereocenters. The maximum atomic E-state index is 11.4. The van der Waals surface area contributed by atoms with Crippen LogP contribution < -0.4 is 11.1 Å². The predicted octanol–water partition coefficient (Wildman–Crippen LogP) is 1.85. The number of hydrogen-bond acceptors (Lipinski definition) is 3. The Morgan fingerprint density at radius 2 is 2.30 bits per heavy atom. The molecule has 5 nitrogen and oxygen atoms in total. The number of aromatic nitrogens is 2. The van der Waals surface area contributed by atoms with Gasteiger partial charge in [-0.25, -0.2) is 4.98 Å². The Balaban J connectivity index is 2.04. The Kier molecular flexibility index (Phi) is 3.35. The zero-order valence-electron chi connectivity index (χ0n) is 11.1. The van der Waals surface area contributed by atoms with E-state index in [1.54, 1.807) is 0 Å². The maximum Gasteiger partial charge on any atom is 0.228 e. The van der Waals surface area contributed by atoms with Gasteiger partial charge in [-0.3, -0.25) is 4.79 Å². The molecule has 0 bridgehead atoms. The van der Waals surface area contributed by atoms with Gasteiger partial charge in [0.2, 0.25) is 5.91 Å². The number of amides is 1. The van der Waals surface area contributed by atoms with Gasteiger partial charge in [0.05, 0.1) is 6.42 Å². The first-order chi connectivity index (χ1) is 9.60. The van der Waals surface area contributed by atoms with Crippen LogP contribution in [-0.4, -0.2) is 22.0 Å². The summed E-state index contributed by atoms with van der Waals surface area (Å²) in [7, 11) is 1.96. The summed E-state index contributed by atoms with van der Waals surface area (Å²) in [5, 5.41) is 2.83. The second-order valence-electron chi connectivity index (χ2n) is 4.86. The van der Waals surface area contributed by atoms with Crippen molar-refractivity contribution in [2.24, 2.45) is 12.8 Å². The molecule has 104 valence electrons. The Bertz CT molecular complexity index is 693. The van der Waals surface area contributed by atoms with Gasteiger partial charge in [0.15, 0.2) is 0 Å². The fourth-order valence-corrected chi connectivity index (χ4v) is 2.96. The first kappa shape index (κ1) is 13.3. The number of nitrogens with zero attached hydrogens (tertiary/aromatic N) is 2. The number of benzene rings is 1. The second kappa shape index (κ2) is 5.03. The van der Waals surface area contributed by atoms with E-state index in [-0.39, 0.29) is 5.91 Å². The highest BCUT2D eigenvalue weighted by atomic mass is 79.9. The van der Waals surface area contributed by atoms with Gasteiger partial charge < -0.3 is 15.6 Å². The van der Waals surface area contributed by atoms with Crippen molar-refractivity contribution in [1.29, 1.82) is 0 Å². The fraction of sp³-hybridized carbons (Fsp3) is 0.286.